The third kappa shape index (κ3) is 3.29. The van der Waals surface area contributed by atoms with Crippen molar-refractivity contribution in [3.63, 3.8) is 0 Å². The van der Waals surface area contributed by atoms with E-state index < -0.39 is 0 Å². The second-order valence-electron chi connectivity index (χ2n) is 4.61. The van der Waals surface area contributed by atoms with Crippen LogP contribution in [-0.2, 0) is 11.2 Å². The number of hydrogen-bond donors (Lipinski definition) is 1. The minimum atomic E-state index is -0.192. The summed E-state index contributed by atoms with van der Waals surface area (Å²) in [5.41, 5.74) is 0.666. The Morgan fingerprint density at radius 3 is 2.71 bits per heavy atom. The van der Waals surface area contributed by atoms with Crippen LogP contribution >= 0.6 is 0 Å². The standard InChI is InChI=1S/C14H18FNO/c15-13-8-4-3-5-11(13)9-10-16-14(17)12-6-1-2-7-12/h3-5,8,12H,1-2,6-7,9-10H2,(H,16,17). The first kappa shape index (κ1) is 12.1. The van der Waals surface area contributed by atoms with Gasteiger partial charge in [-0.3, -0.25) is 4.79 Å². The molecular weight excluding hydrogens is 217 g/mol. The van der Waals surface area contributed by atoms with Gasteiger partial charge in [0.1, 0.15) is 5.82 Å². The molecule has 0 heterocycles. The zero-order valence-electron chi connectivity index (χ0n) is 9.92. The molecule has 3 heteroatoms. The van der Waals surface area contributed by atoms with Crippen LogP contribution in [-0.4, -0.2) is 12.5 Å². The van der Waals surface area contributed by atoms with Gasteiger partial charge in [-0.25, -0.2) is 4.39 Å². The van der Waals surface area contributed by atoms with Gasteiger partial charge >= 0.3 is 0 Å². The summed E-state index contributed by atoms with van der Waals surface area (Å²) in [5, 5.41) is 2.89. The van der Waals surface area contributed by atoms with Gasteiger partial charge in [0.15, 0.2) is 0 Å². The molecule has 92 valence electrons. The molecule has 0 unspecified atom stereocenters. The lowest BCUT2D eigenvalue weighted by atomic mass is 10.1. The van der Waals surface area contributed by atoms with Crippen molar-refractivity contribution < 1.29 is 9.18 Å². The van der Waals surface area contributed by atoms with Crippen LogP contribution in [0.3, 0.4) is 0 Å². The third-order valence-electron chi connectivity index (χ3n) is 3.38. The van der Waals surface area contributed by atoms with Crippen LogP contribution < -0.4 is 5.32 Å². The van der Waals surface area contributed by atoms with Crippen LogP contribution in [0.25, 0.3) is 0 Å². The summed E-state index contributed by atoms with van der Waals surface area (Å²) in [6, 6.07) is 6.71. The van der Waals surface area contributed by atoms with Crippen LogP contribution in [0.4, 0.5) is 4.39 Å². The summed E-state index contributed by atoms with van der Waals surface area (Å²) in [4.78, 5) is 11.7. The van der Waals surface area contributed by atoms with E-state index in [2.05, 4.69) is 5.32 Å². The number of hydrogen-bond acceptors (Lipinski definition) is 1. The van der Waals surface area contributed by atoms with Crippen LogP contribution in [0.15, 0.2) is 24.3 Å². The normalized spacial score (nSPS) is 16.1. The van der Waals surface area contributed by atoms with E-state index >= 15 is 0 Å². The SMILES string of the molecule is O=C(NCCc1ccccc1F)C1CCCC1. The molecule has 2 nitrogen and oxygen atoms in total. The maximum absolute atomic E-state index is 13.3. The molecule has 1 fully saturated rings. The number of rotatable bonds is 4. The summed E-state index contributed by atoms with van der Waals surface area (Å²) in [5.74, 6) is 0.136. The van der Waals surface area contributed by atoms with Crippen molar-refractivity contribution in [1.82, 2.24) is 5.32 Å². The highest BCUT2D eigenvalue weighted by Crippen LogP contribution is 2.24. The van der Waals surface area contributed by atoms with E-state index in [1.165, 1.54) is 6.07 Å². The van der Waals surface area contributed by atoms with E-state index in [4.69, 9.17) is 0 Å². The van der Waals surface area contributed by atoms with E-state index in [1.807, 2.05) is 6.07 Å². The van der Waals surface area contributed by atoms with E-state index in [9.17, 15) is 9.18 Å². The van der Waals surface area contributed by atoms with Gasteiger partial charge in [-0.05, 0) is 30.9 Å². The first-order valence-electron chi connectivity index (χ1n) is 6.28. The smallest absolute Gasteiger partial charge is 0.223 e. The maximum Gasteiger partial charge on any atom is 0.223 e. The van der Waals surface area contributed by atoms with E-state index in [0.717, 1.165) is 25.7 Å². The Hall–Kier alpha value is -1.38. The lowest BCUT2D eigenvalue weighted by Crippen LogP contribution is -2.31. The molecule has 1 aliphatic rings. The summed E-state index contributed by atoms with van der Waals surface area (Å²) in [6.07, 6.45) is 4.89. The van der Waals surface area contributed by atoms with Gasteiger partial charge < -0.3 is 5.32 Å². The lowest BCUT2D eigenvalue weighted by molar-refractivity contribution is -0.124. The van der Waals surface area contributed by atoms with Crippen molar-refractivity contribution in [1.29, 1.82) is 0 Å². The third-order valence-corrected chi connectivity index (χ3v) is 3.38. The monoisotopic (exact) mass is 235 g/mol. The Balaban J connectivity index is 1.76. The molecule has 1 aromatic rings. The van der Waals surface area contributed by atoms with E-state index in [0.29, 0.717) is 18.5 Å². The topological polar surface area (TPSA) is 29.1 Å². The fraction of sp³-hybridized carbons (Fsp3) is 0.500. The zero-order valence-corrected chi connectivity index (χ0v) is 9.92. The molecule has 0 atom stereocenters. The van der Waals surface area contributed by atoms with Crippen molar-refractivity contribution in [3.05, 3.63) is 35.6 Å². The second kappa shape index (κ2) is 5.80. The minimum absolute atomic E-state index is 0.138. The highest BCUT2D eigenvalue weighted by molar-refractivity contribution is 5.78. The molecule has 0 saturated heterocycles. The largest absolute Gasteiger partial charge is 0.356 e. The molecule has 0 aliphatic heterocycles. The van der Waals surface area contributed by atoms with Crippen molar-refractivity contribution in [2.24, 2.45) is 5.92 Å². The summed E-state index contributed by atoms with van der Waals surface area (Å²) >= 11 is 0. The molecule has 1 aliphatic carbocycles. The van der Waals surface area contributed by atoms with Gasteiger partial charge in [-0.1, -0.05) is 31.0 Å². The highest BCUT2D eigenvalue weighted by atomic mass is 19.1. The molecule has 0 aromatic heterocycles. The zero-order chi connectivity index (χ0) is 12.1. The number of halogens is 1. The summed E-state index contributed by atoms with van der Waals surface area (Å²) < 4.78 is 13.3. The molecule has 1 saturated carbocycles. The second-order valence-corrected chi connectivity index (χ2v) is 4.61. The molecule has 2 rings (SSSR count). The summed E-state index contributed by atoms with van der Waals surface area (Å²) in [7, 11) is 0. The van der Waals surface area contributed by atoms with Gasteiger partial charge in [0.25, 0.3) is 0 Å². The molecule has 1 amide bonds. The van der Waals surface area contributed by atoms with Gasteiger partial charge in [0.05, 0.1) is 0 Å². The number of carbonyl (C=O) groups excluding carboxylic acids is 1. The van der Waals surface area contributed by atoms with Gasteiger partial charge in [-0.2, -0.15) is 0 Å². The average molecular weight is 235 g/mol. The summed E-state index contributed by atoms with van der Waals surface area (Å²) in [6.45, 7) is 0.524. The van der Waals surface area contributed by atoms with Crippen molar-refractivity contribution >= 4 is 5.91 Å². The molecule has 17 heavy (non-hydrogen) atoms. The average Bonchev–Trinajstić information content (AvgIpc) is 2.85. The predicted molar refractivity (Wildman–Crippen MR) is 65.1 cm³/mol. The molecule has 1 aromatic carbocycles. The highest BCUT2D eigenvalue weighted by Gasteiger charge is 2.21. The van der Waals surface area contributed by atoms with Crippen molar-refractivity contribution in [3.8, 4) is 0 Å². The Morgan fingerprint density at radius 1 is 1.29 bits per heavy atom. The molecule has 0 bridgehead atoms. The van der Waals surface area contributed by atoms with Crippen molar-refractivity contribution in [2.75, 3.05) is 6.54 Å². The number of carbonyl (C=O) groups is 1. The number of amides is 1. The Morgan fingerprint density at radius 2 is 2.00 bits per heavy atom. The van der Waals surface area contributed by atoms with Crippen LogP contribution in [0, 0.1) is 11.7 Å². The quantitative estimate of drug-likeness (QED) is 0.854. The number of benzene rings is 1. The fourth-order valence-corrected chi connectivity index (χ4v) is 2.35. The Kier molecular flexibility index (Phi) is 4.13. The first-order valence-corrected chi connectivity index (χ1v) is 6.28. The first-order chi connectivity index (χ1) is 8.27. The Bertz CT molecular complexity index is 386. The van der Waals surface area contributed by atoms with Gasteiger partial charge in [0, 0.05) is 12.5 Å². The lowest BCUT2D eigenvalue weighted by Gasteiger charge is -2.10. The predicted octanol–water partition coefficient (Wildman–Crippen LogP) is 2.67. The van der Waals surface area contributed by atoms with Crippen molar-refractivity contribution in [2.45, 2.75) is 32.1 Å². The minimum Gasteiger partial charge on any atom is -0.356 e. The van der Waals surface area contributed by atoms with E-state index in [-0.39, 0.29) is 17.6 Å². The number of nitrogens with one attached hydrogen (secondary N) is 1. The van der Waals surface area contributed by atoms with Gasteiger partial charge in [-0.15, -0.1) is 0 Å². The van der Waals surface area contributed by atoms with Gasteiger partial charge in [0.2, 0.25) is 5.91 Å². The molecule has 0 spiro atoms. The van der Waals surface area contributed by atoms with Crippen LogP contribution in [0.1, 0.15) is 31.2 Å². The van der Waals surface area contributed by atoms with Crippen LogP contribution in [0.5, 0.6) is 0 Å². The molecular formula is C14H18FNO. The Labute approximate surface area is 101 Å². The maximum atomic E-state index is 13.3. The fourth-order valence-electron chi connectivity index (χ4n) is 2.35. The molecule has 1 N–H and O–H groups in total. The molecule has 0 radical (unpaired) electrons. The van der Waals surface area contributed by atoms with Crippen LogP contribution in [0.2, 0.25) is 0 Å². The van der Waals surface area contributed by atoms with E-state index in [1.54, 1.807) is 12.1 Å².